The predicted molar refractivity (Wildman–Crippen MR) is 137 cm³/mol. The Kier molecular flexibility index (Phi) is 7.93. The van der Waals surface area contributed by atoms with Crippen LogP contribution in [0.15, 0.2) is 73.9 Å². The minimum Gasteiger partial charge on any atom is -0.328 e. The Morgan fingerprint density at radius 3 is 2.64 bits per heavy atom. The fraction of sp³-hybridized carbons (Fsp3) is 0.480. The van der Waals surface area contributed by atoms with E-state index in [9.17, 15) is 0 Å². The van der Waals surface area contributed by atoms with Crippen LogP contribution in [0.1, 0.15) is 33.6 Å². The molecule has 28 heavy (non-hydrogen) atoms. The fourth-order valence-electron chi connectivity index (χ4n) is 5.26. The van der Waals surface area contributed by atoms with E-state index in [-0.39, 0.29) is 20.7 Å². The molecule has 3 aliphatic rings. The zero-order chi connectivity index (χ0) is 20.1. The summed E-state index contributed by atoms with van der Waals surface area (Å²) in [6.07, 6.45) is 25.6. The molecule has 0 aromatic heterocycles. The van der Waals surface area contributed by atoms with Crippen LogP contribution in [0.25, 0.3) is 0 Å². The molecule has 0 N–H and O–H groups in total. The van der Waals surface area contributed by atoms with Gasteiger partial charge in [0.05, 0.1) is 0 Å². The molecule has 0 aromatic rings. The third kappa shape index (κ3) is 4.16. The average molecular weight is 487 g/mol. The van der Waals surface area contributed by atoms with Crippen LogP contribution in [-0.2, 0) is 0 Å². The Morgan fingerprint density at radius 2 is 2.04 bits per heavy atom. The summed E-state index contributed by atoms with van der Waals surface area (Å²) in [6.45, 7) is 15.9. The Morgan fingerprint density at radius 1 is 1.21 bits per heavy atom. The van der Waals surface area contributed by atoms with Crippen molar-refractivity contribution in [2.45, 2.75) is 61.3 Å². The summed E-state index contributed by atoms with van der Waals surface area (Å²) in [4.78, 5) is 2.85. The maximum atomic E-state index is 4.29. The molecule has 6 unspecified atom stereocenters. The van der Waals surface area contributed by atoms with Crippen LogP contribution in [0.3, 0.4) is 0 Å². The van der Waals surface area contributed by atoms with Crippen molar-refractivity contribution in [3.63, 3.8) is 0 Å². The van der Waals surface area contributed by atoms with Crippen molar-refractivity contribution in [1.82, 2.24) is 4.81 Å². The molecule has 3 rings (SSSR count). The fourth-order valence-corrected chi connectivity index (χ4v) is 8.46. The zero-order valence-electron chi connectivity index (χ0n) is 17.6. The molecule has 1 fully saturated rings. The number of nitrogens with zero attached hydrogens (tertiary/aromatic N) is 1. The summed E-state index contributed by atoms with van der Waals surface area (Å²) in [5.41, 5.74) is 0. The van der Waals surface area contributed by atoms with Crippen LogP contribution in [0, 0.1) is 11.8 Å². The first-order chi connectivity index (χ1) is 13.7. The number of halogens is 1. The molecule has 0 radical (unpaired) electrons. The first kappa shape index (κ1) is 21.8. The molecule has 0 bridgehead atoms. The van der Waals surface area contributed by atoms with Crippen LogP contribution >= 0.6 is 20.7 Å². The summed E-state index contributed by atoms with van der Waals surface area (Å²) in [6, 6.07) is 0.898. The van der Waals surface area contributed by atoms with E-state index < -0.39 is 0 Å². The van der Waals surface area contributed by atoms with Gasteiger partial charge in [-0.05, 0) is 34.9 Å². The molecule has 2 aliphatic heterocycles. The monoisotopic (exact) mass is 487 g/mol. The molecule has 2 heterocycles. The first-order valence-corrected chi connectivity index (χ1v) is 13.3. The summed E-state index contributed by atoms with van der Waals surface area (Å²) < 4.78 is 3.16. The van der Waals surface area contributed by atoms with Gasteiger partial charge in [0.25, 0.3) is 0 Å². The average Bonchev–Trinajstić information content (AvgIpc) is 3.07. The number of rotatable bonds is 8. The van der Waals surface area contributed by atoms with Gasteiger partial charge in [-0.2, -0.15) is 0 Å². The summed E-state index contributed by atoms with van der Waals surface area (Å²) in [7, 11) is 0. The second kappa shape index (κ2) is 10.2. The van der Waals surface area contributed by atoms with Crippen LogP contribution in [0.4, 0.5) is 0 Å². The van der Waals surface area contributed by atoms with E-state index in [4.69, 9.17) is 0 Å². The standard InChI is InChI=1S/C25H35BIN/c1-6-14-22(19(5)7-2)26(20-15-11-10-12-16-20)28-23(9-4)21(8-3)25-24(28)17-13-18-27-25/h6,8-15,17-25H,3-4,7,16H2,1-2,5H3/b14-6-/t19?,20?,21?,22-,23?,24?,25?/m0/s1. The second-order valence-electron chi connectivity index (χ2n) is 8.25. The van der Waals surface area contributed by atoms with Gasteiger partial charge < -0.3 is 4.81 Å². The molecule has 1 nitrogen and oxygen atoms in total. The normalized spacial score (nSPS) is 34.0. The molecule has 150 valence electrons. The molecule has 1 aliphatic carbocycles. The van der Waals surface area contributed by atoms with Crippen molar-refractivity contribution in [3.8, 4) is 0 Å². The number of hydrogen-bond acceptors (Lipinski definition) is 1. The largest absolute Gasteiger partial charge is 0.328 e. The van der Waals surface area contributed by atoms with Crippen LogP contribution in [-0.4, -0.2) is 31.7 Å². The van der Waals surface area contributed by atoms with Crippen LogP contribution in [0.2, 0.25) is 11.6 Å². The van der Waals surface area contributed by atoms with E-state index in [1.807, 2.05) is 0 Å². The maximum absolute atomic E-state index is 4.29. The SMILES string of the molecule is C=CC1C2I=CC=CC2N(B(C2C=CC=CC2)[C@@H](/C=C\C)C(C)CC)C1C=C. The number of fused-ring (bicyclic) bond motifs is 1. The van der Waals surface area contributed by atoms with E-state index in [0.29, 0.717) is 42.4 Å². The maximum Gasteiger partial charge on any atom is 0.239 e. The Bertz CT molecular complexity index is 697. The number of hydrogen-bond donors (Lipinski definition) is 0. The smallest absolute Gasteiger partial charge is 0.239 e. The van der Waals surface area contributed by atoms with E-state index in [0.717, 1.165) is 10.3 Å². The summed E-state index contributed by atoms with van der Waals surface area (Å²) in [5, 5.41) is 0. The Labute approximate surface area is 182 Å². The van der Waals surface area contributed by atoms with Crippen molar-refractivity contribution in [2.24, 2.45) is 11.8 Å². The van der Waals surface area contributed by atoms with Gasteiger partial charge in [-0.1, -0.05) is 81.0 Å². The van der Waals surface area contributed by atoms with Crippen LogP contribution < -0.4 is 0 Å². The quantitative estimate of drug-likeness (QED) is 0.161. The molecular formula is C25H35BIN. The van der Waals surface area contributed by atoms with Gasteiger partial charge >= 0.3 is 0 Å². The van der Waals surface area contributed by atoms with E-state index >= 15 is 0 Å². The zero-order valence-corrected chi connectivity index (χ0v) is 19.8. The highest BCUT2D eigenvalue weighted by Gasteiger charge is 2.52. The van der Waals surface area contributed by atoms with Crippen molar-refractivity contribution in [1.29, 1.82) is 0 Å². The highest BCUT2D eigenvalue weighted by atomic mass is 127. The Hall–Kier alpha value is -0.935. The predicted octanol–water partition coefficient (Wildman–Crippen LogP) is 6.61. The van der Waals surface area contributed by atoms with Gasteiger partial charge in [-0.25, -0.2) is 0 Å². The summed E-state index contributed by atoms with van der Waals surface area (Å²) >= 11 is 0.0496. The topological polar surface area (TPSA) is 3.24 Å². The lowest BCUT2D eigenvalue weighted by Gasteiger charge is -2.43. The minimum atomic E-state index is 0.0496. The van der Waals surface area contributed by atoms with Crippen molar-refractivity contribution in [2.75, 3.05) is 0 Å². The molecule has 3 heteroatoms. The third-order valence-electron chi connectivity index (χ3n) is 6.80. The van der Waals surface area contributed by atoms with Gasteiger partial charge in [0, 0.05) is 21.9 Å². The molecule has 0 aromatic carbocycles. The van der Waals surface area contributed by atoms with Crippen molar-refractivity contribution < 1.29 is 0 Å². The van der Waals surface area contributed by atoms with Gasteiger partial charge in [-0.3, -0.25) is 0 Å². The lowest BCUT2D eigenvalue weighted by molar-refractivity contribution is 0.372. The molecule has 0 amide bonds. The van der Waals surface area contributed by atoms with E-state index in [1.165, 1.54) is 6.42 Å². The molecule has 0 saturated carbocycles. The van der Waals surface area contributed by atoms with E-state index in [2.05, 4.69) is 104 Å². The van der Waals surface area contributed by atoms with Gasteiger partial charge in [0.1, 0.15) is 0 Å². The van der Waals surface area contributed by atoms with Crippen LogP contribution in [0.5, 0.6) is 0 Å². The lowest BCUT2D eigenvalue weighted by Crippen LogP contribution is -2.53. The highest BCUT2D eigenvalue weighted by molar-refractivity contribution is 14.2. The molecule has 7 atom stereocenters. The molecule has 1 saturated heterocycles. The summed E-state index contributed by atoms with van der Waals surface area (Å²) in [5.74, 6) is 2.26. The number of allylic oxidation sites excluding steroid dienone is 7. The molecule has 0 spiro atoms. The Balaban J connectivity index is 2.09. The van der Waals surface area contributed by atoms with Crippen molar-refractivity contribution >= 4 is 31.6 Å². The van der Waals surface area contributed by atoms with Gasteiger partial charge in [0.15, 0.2) is 0 Å². The number of alkyl halides is 1. The second-order valence-corrected chi connectivity index (χ2v) is 11.1. The first-order valence-electron chi connectivity index (χ1n) is 10.8. The minimum absolute atomic E-state index is 0.0496. The van der Waals surface area contributed by atoms with Gasteiger partial charge in [0.2, 0.25) is 6.85 Å². The lowest BCUT2D eigenvalue weighted by atomic mass is 9.37. The van der Waals surface area contributed by atoms with E-state index in [1.54, 1.807) is 0 Å². The highest BCUT2D eigenvalue weighted by Crippen LogP contribution is 2.48. The third-order valence-corrected chi connectivity index (χ3v) is 10.0. The molecular weight excluding hydrogens is 452 g/mol. The van der Waals surface area contributed by atoms with Gasteiger partial charge in [-0.15, -0.1) is 33.9 Å². The van der Waals surface area contributed by atoms with Crippen molar-refractivity contribution in [3.05, 3.63) is 73.9 Å².